The fraction of sp³-hybridized carbons (Fsp3) is 0.217. The lowest BCUT2D eigenvalue weighted by atomic mass is 10.2. The number of hydrogen-bond donors (Lipinski definition) is 2. The number of carbonyl (C=O) groups is 1. The summed E-state index contributed by atoms with van der Waals surface area (Å²) in [5.41, 5.74) is 4.41. The number of nitrogens with zero attached hydrogens (tertiary/aromatic N) is 4. The molecule has 2 aromatic carbocycles. The van der Waals surface area contributed by atoms with Gasteiger partial charge in [-0.1, -0.05) is 60.7 Å². The zero-order valence-corrected chi connectivity index (χ0v) is 17.0. The zero-order valence-electron chi connectivity index (χ0n) is 17.0. The standard InChI is InChI=1S/C23H24N6O/c1-3-18(22-24-19-12-11-16(2)14-20(19)25-22)26-23(30)21-15-29(28-27-21)13-7-10-17-8-5-4-6-9-17/h4-12,14-15,18H,3,13H2,1-2H3,(H,24,25)(H,26,30)/b10-7+/t18-/m0/s1. The highest BCUT2D eigenvalue weighted by atomic mass is 16.2. The second-order valence-corrected chi connectivity index (χ2v) is 7.22. The third kappa shape index (κ3) is 4.46. The SMILES string of the molecule is CC[C@H](NC(=O)c1cn(C/C=C/c2ccccc2)nn1)c1nc2ccc(C)cc2[nH]1. The number of aromatic amines is 1. The van der Waals surface area contributed by atoms with Crippen LogP contribution in [0.3, 0.4) is 0 Å². The Morgan fingerprint density at radius 2 is 2.07 bits per heavy atom. The molecule has 4 rings (SSSR count). The molecule has 4 aromatic rings. The second kappa shape index (κ2) is 8.73. The van der Waals surface area contributed by atoms with Gasteiger partial charge in [0.2, 0.25) is 0 Å². The molecule has 2 aromatic heterocycles. The van der Waals surface area contributed by atoms with Crippen molar-refractivity contribution in [3.63, 3.8) is 0 Å². The van der Waals surface area contributed by atoms with Crippen LogP contribution in [0.4, 0.5) is 0 Å². The maximum Gasteiger partial charge on any atom is 0.274 e. The van der Waals surface area contributed by atoms with Crippen LogP contribution < -0.4 is 5.32 Å². The monoisotopic (exact) mass is 400 g/mol. The number of benzene rings is 2. The van der Waals surface area contributed by atoms with E-state index in [0.29, 0.717) is 13.0 Å². The number of nitrogens with one attached hydrogen (secondary N) is 2. The van der Waals surface area contributed by atoms with Crippen LogP contribution in [-0.4, -0.2) is 30.9 Å². The molecule has 0 bridgehead atoms. The fourth-order valence-corrected chi connectivity index (χ4v) is 3.26. The molecular formula is C23H24N6O. The number of amides is 1. The Balaban J connectivity index is 1.41. The number of allylic oxidation sites excluding steroid dienone is 1. The Labute approximate surface area is 174 Å². The van der Waals surface area contributed by atoms with Crippen LogP contribution in [0.1, 0.15) is 46.8 Å². The van der Waals surface area contributed by atoms with Crippen LogP contribution in [0.25, 0.3) is 17.1 Å². The Morgan fingerprint density at radius 3 is 2.87 bits per heavy atom. The molecule has 2 N–H and O–H groups in total. The summed E-state index contributed by atoms with van der Waals surface area (Å²) in [5.74, 6) is 0.474. The third-order valence-corrected chi connectivity index (χ3v) is 4.87. The molecule has 7 nitrogen and oxygen atoms in total. The summed E-state index contributed by atoms with van der Waals surface area (Å²) in [6.45, 7) is 4.58. The quantitative estimate of drug-likeness (QED) is 0.490. The number of aryl methyl sites for hydroxylation is 1. The molecule has 0 saturated heterocycles. The highest BCUT2D eigenvalue weighted by molar-refractivity contribution is 5.92. The van der Waals surface area contributed by atoms with E-state index in [4.69, 9.17) is 0 Å². The molecule has 0 unspecified atom stereocenters. The number of rotatable bonds is 7. The van der Waals surface area contributed by atoms with Crippen molar-refractivity contribution in [1.29, 1.82) is 0 Å². The summed E-state index contributed by atoms with van der Waals surface area (Å²) in [4.78, 5) is 20.6. The van der Waals surface area contributed by atoms with Crippen LogP contribution in [0, 0.1) is 6.92 Å². The topological polar surface area (TPSA) is 88.5 Å². The summed E-state index contributed by atoms with van der Waals surface area (Å²) in [6, 6.07) is 15.8. The van der Waals surface area contributed by atoms with E-state index in [2.05, 4.69) is 31.7 Å². The lowest BCUT2D eigenvalue weighted by Gasteiger charge is -2.13. The van der Waals surface area contributed by atoms with Gasteiger partial charge in [-0.25, -0.2) is 9.67 Å². The van der Waals surface area contributed by atoms with Gasteiger partial charge in [0.1, 0.15) is 5.82 Å². The minimum absolute atomic E-state index is 0.228. The lowest BCUT2D eigenvalue weighted by molar-refractivity contribution is 0.0928. The maximum atomic E-state index is 12.7. The fourth-order valence-electron chi connectivity index (χ4n) is 3.26. The smallest absolute Gasteiger partial charge is 0.274 e. The normalized spacial score (nSPS) is 12.5. The summed E-state index contributed by atoms with van der Waals surface area (Å²) in [7, 11) is 0. The van der Waals surface area contributed by atoms with Gasteiger partial charge in [0.05, 0.1) is 29.8 Å². The molecule has 7 heteroatoms. The minimum atomic E-state index is -0.267. The number of imidazole rings is 1. The molecule has 0 fully saturated rings. The van der Waals surface area contributed by atoms with E-state index in [9.17, 15) is 4.79 Å². The average Bonchev–Trinajstić information content (AvgIpc) is 3.39. The second-order valence-electron chi connectivity index (χ2n) is 7.22. The molecule has 0 aliphatic rings. The van der Waals surface area contributed by atoms with Crippen molar-refractivity contribution in [3.8, 4) is 0 Å². The third-order valence-electron chi connectivity index (χ3n) is 4.87. The van der Waals surface area contributed by atoms with Crippen LogP contribution in [0.15, 0.2) is 60.8 Å². The van der Waals surface area contributed by atoms with Gasteiger partial charge in [0, 0.05) is 0 Å². The maximum absolute atomic E-state index is 12.7. The Kier molecular flexibility index (Phi) is 5.70. The van der Waals surface area contributed by atoms with E-state index in [1.165, 1.54) is 0 Å². The molecule has 0 radical (unpaired) electrons. The van der Waals surface area contributed by atoms with Gasteiger partial charge >= 0.3 is 0 Å². The number of hydrogen-bond acceptors (Lipinski definition) is 4. The summed E-state index contributed by atoms with van der Waals surface area (Å²) < 4.78 is 1.64. The van der Waals surface area contributed by atoms with Crippen molar-refractivity contribution in [2.45, 2.75) is 32.9 Å². The van der Waals surface area contributed by atoms with Crippen LogP contribution in [0.5, 0.6) is 0 Å². The number of H-pyrrole nitrogens is 1. The molecule has 30 heavy (non-hydrogen) atoms. The number of fused-ring (bicyclic) bond motifs is 1. The predicted molar refractivity (Wildman–Crippen MR) is 117 cm³/mol. The van der Waals surface area contributed by atoms with Gasteiger partial charge in [-0.05, 0) is 36.6 Å². The molecule has 2 heterocycles. The first-order chi connectivity index (χ1) is 14.6. The van der Waals surface area contributed by atoms with Gasteiger partial charge in [-0.15, -0.1) is 5.10 Å². The van der Waals surface area contributed by atoms with Crippen LogP contribution >= 0.6 is 0 Å². The Hall–Kier alpha value is -3.74. The average molecular weight is 400 g/mol. The van der Waals surface area contributed by atoms with Crippen molar-refractivity contribution in [2.75, 3.05) is 0 Å². The van der Waals surface area contributed by atoms with Gasteiger partial charge in [0.15, 0.2) is 5.69 Å². The van der Waals surface area contributed by atoms with E-state index < -0.39 is 0 Å². The molecule has 0 saturated carbocycles. The minimum Gasteiger partial charge on any atom is -0.341 e. The molecular weight excluding hydrogens is 376 g/mol. The van der Waals surface area contributed by atoms with E-state index in [1.807, 2.05) is 68.5 Å². The van der Waals surface area contributed by atoms with Crippen molar-refractivity contribution in [2.24, 2.45) is 0 Å². The van der Waals surface area contributed by atoms with Crippen molar-refractivity contribution < 1.29 is 4.79 Å². The largest absolute Gasteiger partial charge is 0.341 e. The van der Waals surface area contributed by atoms with Crippen LogP contribution in [-0.2, 0) is 6.54 Å². The summed E-state index contributed by atoms with van der Waals surface area (Å²) in [5, 5.41) is 11.1. The lowest BCUT2D eigenvalue weighted by Crippen LogP contribution is -2.29. The molecule has 0 spiro atoms. The molecule has 152 valence electrons. The number of aromatic nitrogens is 5. The van der Waals surface area contributed by atoms with E-state index >= 15 is 0 Å². The highest BCUT2D eigenvalue weighted by Gasteiger charge is 2.19. The van der Waals surface area contributed by atoms with Gasteiger partial charge in [-0.2, -0.15) is 0 Å². The first kappa shape index (κ1) is 19.6. The first-order valence-corrected chi connectivity index (χ1v) is 10.0. The predicted octanol–water partition coefficient (Wildman–Crippen LogP) is 4.06. The molecule has 1 amide bonds. The highest BCUT2D eigenvalue weighted by Crippen LogP contribution is 2.19. The molecule has 1 atom stereocenters. The van der Waals surface area contributed by atoms with Gasteiger partial charge in [-0.3, -0.25) is 4.79 Å². The number of carbonyl (C=O) groups excluding carboxylic acids is 1. The summed E-state index contributed by atoms with van der Waals surface area (Å²) in [6.07, 6.45) is 6.35. The van der Waals surface area contributed by atoms with Gasteiger partial charge in [0.25, 0.3) is 5.91 Å². The van der Waals surface area contributed by atoms with Crippen molar-refractivity contribution in [1.82, 2.24) is 30.3 Å². The van der Waals surface area contributed by atoms with Crippen molar-refractivity contribution in [3.05, 3.63) is 83.4 Å². The molecule has 0 aliphatic heterocycles. The van der Waals surface area contributed by atoms with Crippen molar-refractivity contribution >= 4 is 23.0 Å². The van der Waals surface area contributed by atoms with E-state index in [1.54, 1.807) is 10.9 Å². The van der Waals surface area contributed by atoms with Crippen LogP contribution in [0.2, 0.25) is 0 Å². The Morgan fingerprint density at radius 1 is 1.23 bits per heavy atom. The zero-order chi connectivity index (χ0) is 20.9. The summed E-state index contributed by atoms with van der Waals surface area (Å²) >= 11 is 0. The first-order valence-electron chi connectivity index (χ1n) is 10.0. The van der Waals surface area contributed by atoms with E-state index in [-0.39, 0.29) is 17.6 Å². The molecule has 0 aliphatic carbocycles. The Bertz CT molecular complexity index is 1170. The van der Waals surface area contributed by atoms with Gasteiger partial charge < -0.3 is 10.3 Å². The van der Waals surface area contributed by atoms with E-state index in [0.717, 1.165) is 28.0 Å².